The van der Waals surface area contributed by atoms with Gasteiger partial charge in [-0.2, -0.15) is 0 Å². The van der Waals surface area contributed by atoms with Crippen molar-refractivity contribution in [1.29, 1.82) is 0 Å². The van der Waals surface area contributed by atoms with Gasteiger partial charge in [-0.15, -0.1) is 0 Å². The van der Waals surface area contributed by atoms with Crippen LogP contribution in [0.4, 0.5) is 10.1 Å². The normalized spacial score (nSPS) is 11.8. The van der Waals surface area contributed by atoms with E-state index in [9.17, 15) is 4.39 Å². The quantitative estimate of drug-likeness (QED) is 0.815. The van der Waals surface area contributed by atoms with Crippen molar-refractivity contribution in [2.45, 2.75) is 13.0 Å². The van der Waals surface area contributed by atoms with E-state index in [0.717, 1.165) is 11.3 Å². The molecule has 104 valence electrons. The second-order valence-corrected chi connectivity index (χ2v) is 5.16. The fourth-order valence-corrected chi connectivity index (χ4v) is 2.40. The second-order valence-electron chi connectivity index (χ2n) is 4.35. The summed E-state index contributed by atoms with van der Waals surface area (Å²) in [5.41, 5.74) is 1.70. The van der Waals surface area contributed by atoms with Gasteiger partial charge in [-0.1, -0.05) is 29.8 Å². The van der Waals surface area contributed by atoms with E-state index in [1.165, 1.54) is 12.1 Å². The molecule has 2 aromatic carbocycles. The van der Waals surface area contributed by atoms with Crippen LogP contribution in [0.3, 0.4) is 0 Å². The van der Waals surface area contributed by atoms with Crippen molar-refractivity contribution in [3.63, 3.8) is 0 Å². The monoisotopic (exact) mass is 308 g/mol. The number of anilines is 1. The van der Waals surface area contributed by atoms with Gasteiger partial charge in [0.25, 0.3) is 0 Å². The first kappa shape index (κ1) is 14.8. The third-order valence-corrected chi connectivity index (χ3v) is 3.39. The predicted molar refractivity (Wildman–Crippen MR) is 85.6 cm³/mol. The van der Waals surface area contributed by atoms with Gasteiger partial charge >= 0.3 is 0 Å². The molecule has 5 heteroatoms. The number of rotatable bonds is 3. The predicted octanol–water partition coefficient (Wildman–Crippen LogP) is 4.53. The fourth-order valence-electron chi connectivity index (χ4n) is 1.80. The number of hydrogen-bond donors (Lipinski definition) is 2. The molecule has 0 aliphatic rings. The summed E-state index contributed by atoms with van der Waals surface area (Å²) in [5.74, 6) is -0.279. The molecule has 0 unspecified atom stereocenters. The van der Waals surface area contributed by atoms with Crippen molar-refractivity contribution in [1.82, 2.24) is 5.32 Å². The lowest BCUT2D eigenvalue weighted by Gasteiger charge is -2.18. The smallest absolute Gasteiger partial charge is 0.171 e. The lowest BCUT2D eigenvalue weighted by atomic mass is 10.1. The van der Waals surface area contributed by atoms with Crippen LogP contribution >= 0.6 is 23.8 Å². The maximum absolute atomic E-state index is 12.8. The van der Waals surface area contributed by atoms with Crippen LogP contribution in [0, 0.1) is 5.82 Å². The van der Waals surface area contributed by atoms with E-state index in [-0.39, 0.29) is 11.9 Å². The first-order valence-corrected chi connectivity index (χ1v) is 6.92. The highest BCUT2D eigenvalue weighted by atomic mass is 35.5. The van der Waals surface area contributed by atoms with Crippen LogP contribution in [0.2, 0.25) is 5.02 Å². The molecule has 0 aliphatic carbocycles. The highest BCUT2D eigenvalue weighted by Crippen LogP contribution is 2.22. The number of nitrogens with one attached hydrogen (secondary N) is 2. The molecule has 0 saturated heterocycles. The van der Waals surface area contributed by atoms with E-state index in [1.54, 1.807) is 12.1 Å². The van der Waals surface area contributed by atoms with Crippen LogP contribution in [0.15, 0.2) is 48.5 Å². The van der Waals surface area contributed by atoms with Crippen molar-refractivity contribution in [2.75, 3.05) is 5.32 Å². The van der Waals surface area contributed by atoms with E-state index in [4.69, 9.17) is 23.8 Å². The lowest BCUT2D eigenvalue weighted by molar-refractivity contribution is 0.628. The van der Waals surface area contributed by atoms with Gasteiger partial charge in [0.2, 0.25) is 0 Å². The van der Waals surface area contributed by atoms with Crippen LogP contribution in [0.25, 0.3) is 0 Å². The van der Waals surface area contributed by atoms with Gasteiger partial charge < -0.3 is 10.6 Å². The largest absolute Gasteiger partial charge is 0.356 e. The summed E-state index contributed by atoms with van der Waals surface area (Å²) in [5, 5.41) is 7.30. The van der Waals surface area contributed by atoms with Gasteiger partial charge in [0.05, 0.1) is 6.04 Å². The van der Waals surface area contributed by atoms with Crippen LogP contribution in [-0.2, 0) is 0 Å². The van der Waals surface area contributed by atoms with Crippen LogP contribution in [0.1, 0.15) is 18.5 Å². The first-order chi connectivity index (χ1) is 9.56. The number of halogens is 2. The Morgan fingerprint density at radius 2 is 1.80 bits per heavy atom. The molecule has 0 aliphatic heterocycles. The summed E-state index contributed by atoms with van der Waals surface area (Å²) in [6.07, 6.45) is 0. The molecule has 2 N–H and O–H groups in total. The van der Waals surface area contributed by atoms with Gasteiger partial charge in [0.1, 0.15) is 5.82 Å². The summed E-state index contributed by atoms with van der Waals surface area (Å²) in [6.45, 7) is 1.97. The zero-order chi connectivity index (χ0) is 14.5. The van der Waals surface area contributed by atoms with Crippen molar-refractivity contribution < 1.29 is 4.39 Å². The van der Waals surface area contributed by atoms with E-state index < -0.39 is 0 Å². The molecule has 1 atom stereocenters. The Labute approximate surface area is 128 Å². The standard InChI is InChI=1S/C15H14ClFN2S/c1-10(13-4-2-3-5-14(13)16)18-15(20)19-12-8-6-11(17)7-9-12/h2-10H,1H3,(H2,18,19,20)/t10-/m1/s1. The third-order valence-electron chi connectivity index (χ3n) is 2.82. The summed E-state index contributed by atoms with van der Waals surface area (Å²) < 4.78 is 12.8. The van der Waals surface area contributed by atoms with E-state index in [0.29, 0.717) is 10.1 Å². The molecular weight excluding hydrogens is 295 g/mol. The van der Waals surface area contributed by atoms with Gasteiger partial charge in [0, 0.05) is 10.7 Å². The summed E-state index contributed by atoms with van der Waals surface area (Å²) in [6, 6.07) is 13.6. The molecule has 0 aromatic heterocycles. The number of hydrogen-bond acceptors (Lipinski definition) is 1. The molecule has 2 aromatic rings. The number of thiocarbonyl (C=S) groups is 1. The Morgan fingerprint density at radius 3 is 2.45 bits per heavy atom. The van der Waals surface area contributed by atoms with E-state index in [1.807, 2.05) is 31.2 Å². The highest BCUT2D eigenvalue weighted by Gasteiger charge is 2.10. The van der Waals surface area contributed by atoms with Gasteiger partial charge in [-0.3, -0.25) is 0 Å². The van der Waals surface area contributed by atoms with E-state index in [2.05, 4.69) is 10.6 Å². The van der Waals surface area contributed by atoms with Crippen LogP contribution in [0.5, 0.6) is 0 Å². The number of benzene rings is 2. The topological polar surface area (TPSA) is 24.1 Å². The zero-order valence-corrected chi connectivity index (χ0v) is 12.4. The van der Waals surface area contributed by atoms with Gasteiger partial charge in [-0.25, -0.2) is 4.39 Å². The van der Waals surface area contributed by atoms with Crippen molar-refractivity contribution in [3.05, 3.63) is 64.9 Å². The minimum atomic E-state index is -0.279. The lowest BCUT2D eigenvalue weighted by Crippen LogP contribution is -2.31. The maximum Gasteiger partial charge on any atom is 0.171 e. The van der Waals surface area contributed by atoms with Crippen LogP contribution < -0.4 is 10.6 Å². The Kier molecular flexibility index (Phi) is 4.93. The molecule has 20 heavy (non-hydrogen) atoms. The average Bonchev–Trinajstić information content (AvgIpc) is 2.41. The summed E-state index contributed by atoms with van der Waals surface area (Å²) in [7, 11) is 0. The SMILES string of the molecule is C[C@@H](NC(=S)Nc1ccc(F)cc1)c1ccccc1Cl. The van der Waals surface area contributed by atoms with Gasteiger partial charge in [0.15, 0.2) is 5.11 Å². The molecule has 0 saturated carbocycles. The minimum Gasteiger partial charge on any atom is -0.356 e. The Balaban J connectivity index is 1.98. The summed E-state index contributed by atoms with van der Waals surface area (Å²) >= 11 is 11.4. The van der Waals surface area contributed by atoms with Crippen molar-refractivity contribution >= 4 is 34.6 Å². The summed E-state index contributed by atoms with van der Waals surface area (Å²) in [4.78, 5) is 0. The zero-order valence-electron chi connectivity index (χ0n) is 10.9. The van der Waals surface area contributed by atoms with Crippen molar-refractivity contribution in [3.8, 4) is 0 Å². The molecule has 2 rings (SSSR count). The highest BCUT2D eigenvalue weighted by molar-refractivity contribution is 7.80. The Morgan fingerprint density at radius 1 is 1.15 bits per heavy atom. The molecule has 2 nitrogen and oxygen atoms in total. The molecule has 0 radical (unpaired) electrons. The Hall–Kier alpha value is -1.65. The third kappa shape index (κ3) is 3.92. The van der Waals surface area contributed by atoms with E-state index >= 15 is 0 Å². The average molecular weight is 309 g/mol. The molecule has 0 heterocycles. The molecule has 0 amide bonds. The minimum absolute atomic E-state index is 0.0239. The van der Waals surface area contributed by atoms with Crippen LogP contribution in [-0.4, -0.2) is 5.11 Å². The first-order valence-electron chi connectivity index (χ1n) is 6.14. The molecular formula is C15H14ClFN2S. The maximum atomic E-state index is 12.8. The molecule has 0 fully saturated rings. The molecule has 0 bridgehead atoms. The fraction of sp³-hybridized carbons (Fsp3) is 0.133. The Bertz CT molecular complexity index is 601. The second kappa shape index (κ2) is 6.68. The molecule has 0 spiro atoms. The van der Waals surface area contributed by atoms with Crippen molar-refractivity contribution in [2.24, 2.45) is 0 Å². The van der Waals surface area contributed by atoms with Gasteiger partial charge in [-0.05, 0) is 55.0 Å².